The molecule has 0 bridgehead atoms. The highest BCUT2D eigenvalue weighted by Crippen LogP contribution is 2.63. The summed E-state index contributed by atoms with van der Waals surface area (Å²) in [5, 5.41) is 2.74. The second-order valence-corrected chi connectivity index (χ2v) is 13.9. The first-order valence-electron chi connectivity index (χ1n) is 8.43. The van der Waals surface area contributed by atoms with Crippen molar-refractivity contribution in [2.24, 2.45) is 0 Å². The van der Waals surface area contributed by atoms with Gasteiger partial charge < -0.3 is 4.57 Å². The summed E-state index contributed by atoms with van der Waals surface area (Å²) in [6, 6.07) is 8.78. The first-order chi connectivity index (χ1) is 9.96. The minimum Gasteiger partial charge on any atom is -0.318 e. The standard InChI is InChI=1S/C18H28OP2/c1-13-9-10-14(2)20(13)17-7-5-6-8-18(17)21(19)15(3)11-12-16(21)4/h5-8,13-16H,9-12H2,1-4H3/t13-,14-,15-,16-/m0/s1. The predicted octanol–water partition coefficient (Wildman–Crippen LogP) is 4.92. The molecule has 0 radical (unpaired) electrons. The van der Waals surface area contributed by atoms with E-state index >= 15 is 0 Å². The van der Waals surface area contributed by atoms with Crippen LogP contribution in [0.2, 0.25) is 0 Å². The fourth-order valence-corrected chi connectivity index (χ4v) is 12.1. The van der Waals surface area contributed by atoms with E-state index in [1.54, 1.807) is 0 Å². The lowest BCUT2D eigenvalue weighted by molar-refractivity contribution is 0.575. The maximum absolute atomic E-state index is 13.9. The first-order valence-corrected chi connectivity index (χ1v) is 11.8. The Labute approximate surface area is 131 Å². The average molecular weight is 322 g/mol. The van der Waals surface area contributed by atoms with E-state index in [-0.39, 0.29) is 7.92 Å². The summed E-state index contributed by atoms with van der Waals surface area (Å²) in [5.74, 6) is 0. The van der Waals surface area contributed by atoms with Crippen LogP contribution in [-0.2, 0) is 4.57 Å². The van der Waals surface area contributed by atoms with E-state index in [1.165, 1.54) is 23.5 Å². The quantitative estimate of drug-likeness (QED) is 0.706. The van der Waals surface area contributed by atoms with Crippen molar-refractivity contribution in [3.05, 3.63) is 24.3 Å². The lowest BCUT2D eigenvalue weighted by atomic mass is 10.2. The predicted molar refractivity (Wildman–Crippen MR) is 96.6 cm³/mol. The summed E-state index contributed by atoms with van der Waals surface area (Å²) < 4.78 is 13.9. The Morgan fingerprint density at radius 3 is 2.00 bits per heavy atom. The molecule has 0 aromatic heterocycles. The Balaban J connectivity index is 2.11. The lowest BCUT2D eigenvalue weighted by Crippen LogP contribution is -2.30. The Bertz CT molecular complexity index is 544. The van der Waals surface area contributed by atoms with Crippen molar-refractivity contribution in [1.29, 1.82) is 0 Å². The van der Waals surface area contributed by atoms with Crippen LogP contribution in [0.4, 0.5) is 0 Å². The van der Waals surface area contributed by atoms with Gasteiger partial charge in [-0.05, 0) is 42.3 Å². The molecule has 2 fully saturated rings. The van der Waals surface area contributed by atoms with Gasteiger partial charge in [0.1, 0.15) is 7.14 Å². The summed E-state index contributed by atoms with van der Waals surface area (Å²) in [7, 11) is -2.37. The van der Waals surface area contributed by atoms with Crippen LogP contribution in [0.1, 0.15) is 53.4 Å². The Kier molecular flexibility index (Phi) is 4.37. The van der Waals surface area contributed by atoms with Gasteiger partial charge >= 0.3 is 0 Å². The molecule has 0 spiro atoms. The highest BCUT2D eigenvalue weighted by molar-refractivity contribution is 7.77. The summed E-state index contributed by atoms with van der Waals surface area (Å²) in [6.45, 7) is 9.25. The molecule has 3 rings (SSSR count). The lowest BCUT2D eigenvalue weighted by Gasteiger charge is -2.30. The van der Waals surface area contributed by atoms with Crippen molar-refractivity contribution in [2.45, 2.75) is 76.0 Å². The SMILES string of the molecule is C[C@H]1CC[C@H](C)P1c1ccccc1P1(=O)[C@@H](C)CC[C@@H]1C. The second kappa shape index (κ2) is 5.82. The Morgan fingerprint density at radius 2 is 1.43 bits per heavy atom. The Hall–Kier alpha value is -0.120. The molecule has 1 aromatic carbocycles. The molecular weight excluding hydrogens is 294 g/mol. The van der Waals surface area contributed by atoms with Crippen molar-refractivity contribution in [1.82, 2.24) is 0 Å². The van der Waals surface area contributed by atoms with Gasteiger partial charge in [-0.25, -0.2) is 0 Å². The molecule has 2 aliphatic heterocycles. The summed E-state index contributed by atoms with van der Waals surface area (Å²) >= 11 is 0. The summed E-state index contributed by atoms with van der Waals surface area (Å²) in [4.78, 5) is 0. The minimum absolute atomic E-state index is 0.142. The highest BCUT2D eigenvalue weighted by Gasteiger charge is 2.45. The number of hydrogen-bond donors (Lipinski definition) is 0. The first kappa shape index (κ1) is 15.8. The molecule has 2 heterocycles. The van der Waals surface area contributed by atoms with Gasteiger partial charge in [-0.3, -0.25) is 0 Å². The van der Waals surface area contributed by atoms with E-state index in [0.717, 1.165) is 24.2 Å². The second-order valence-electron chi connectivity index (χ2n) is 7.16. The summed E-state index contributed by atoms with van der Waals surface area (Å²) in [5.41, 5.74) is 2.32. The van der Waals surface area contributed by atoms with Gasteiger partial charge in [0, 0.05) is 16.6 Å². The Morgan fingerprint density at radius 1 is 0.905 bits per heavy atom. The van der Waals surface area contributed by atoms with Crippen LogP contribution in [0.5, 0.6) is 0 Å². The van der Waals surface area contributed by atoms with E-state index < -0.39 is 7.14 Å². The maximum Gasteiger partial charge on any atom is 0.121 e. The van der Waals surface area contributed by atoms with Gasteiger partial charge in [-0.15, -0.1) is 0 Å². The van der Waals surface area contributed by atoms with Gasteiger partial charge in [0.05, 0.1) is 0 Å². The molecule has 0 amide bonds. The normalized spacial score (nSPS) is 36.2. The molecule has 0 aliphatic carbocycles. The highest BCUT2D eigenvalue weighted by atomic mass is 31.2. The third-order valence-corrected chi connectivity index (χ3v) is 13.6. The number of rotatable bonds is 2. The van der Waals surface area contributed by atoms with Crippen LogP contribution in [0, 0.1) is 0 Å². The smallest absolute Gasteiger partial charge is 0.121 e. The van der Waals surface area contributed by atoms with E-state index in [1.807, 2.05) is 0 Å². The van der Waals surface area contributed by atoms with Gasteiger partial charge in [-0.2, -0.15) is 0 Å². The zero-order chi connectivity index (χ0) is 15.2. The van der Waals surface area contributed by atoms with Gasteiger partial charge in [0.2, 0.25) is 0 Å². The maximum atomic E-state index is 13.9. The minimum atomic E-state index is -2.23. The molecule has 116 valence electrons. The molecule has 1 aromatic rings. The largest absolute Gasteiger partial charge is 0.318 e. The van der Waals surface area contributed by atoms with Crippen molar-refractivity contribution in [3.8, 4) is 0 Å². The molecule has 0 saturated carbocycles. The van der Waals surface area contributed by atoms with Crippen LogP contribution in [0.25, 0.3) is 0 Å². The fourth-order valence-electron chi connectivity index (χ4n) is 4.42. The molecule has 21 heavy (non-hydrogen) atoms. The third kappa shape index (κ3) is 2.46. The van der Waals surface area contributed by atoms with Crippen molar-refractivity contribution in [2.75, 3.05) is 0 Å². The van der Waals surface area contributed by atoms with Crippen LogP contribution >= 0.6 is 15.1 Å². The zero-order valence-electron chi connectivity index (χ0n) is 13.7. The van der Waals surface area contributed by atoms with Gasteiger partial charge in [0.15, 0.2) is 0 Å². The van der Waals surface area contributed by atoms with Crippen molar-refractivity contribution < 1.29 is 4.57 Å². The van der Waals surface area contributed by atoms with Crippen molar-refractivity contribution in [3.63, 3.8) is 0 Å². The fraction of sp³-hybridized carbons (Fsp3) is 0.667. The number of hydrogen-bond acceptors (Lipinski definition) is 1. The van der Waals surface area contributed by atoms with Crippen molar-refractivity contribution >= 4 is 25.7 Å². The molecule has 3 heteroatoms. The molecule has 1 nitrogen and oxygen atoms in total. The van der Waals surface area contributed by atoms with Gasteiger partial charge in [0.25, 0.3) is 0 Å². The molecule has 0 unspecified atom stereocenters. The monoisotopic (exact) mass is 322 g/mol. The van der Waals surface area contributed by atoms with Crippen LogP contribution in [0.15, 0.2) is 24.3 Å². The third-order valence-electron chi connectivity index (χ3n) is 5.80. The average Bonchev–Trinajstić information content (AvgIpc) is 2.94. The van der Waals surface area contributed by atoms with Crippen LogP contribution in [-0.4, -0.2) is 22.6 Å². The molecule has 2 saturated heterocycles. The van der Waals surface area contributed by atoms with E-state index in [0.29, 0.717) is 11.3 Å². The molecule has 2 aliphatic rings. The van der Waals surface area contributed by atoms with Crippen LogP contribution in [0.3, 0.4) is 0 Å². The van der Waals surface area contributed by atoms with E-state index in [2.05, 4.69) is 52.0 Å². The summed E-state index contributed by atoms with van der Waals surface area (Å²) in [6.07, 6.45) is 4.96. The van der Waals surface area contributed by atoms with E-state index in [4.69, 9.17) is 0 Å². The molecular formula is C18H28OP2. The zero-order valence-corrected chi connectivity index (χ0v) is 15.5. The molecule has 4 atom stereocenters. The van der Waals surface area contributed by atoms with Crippen LogP contribution < -0.4 is 10.6 Å². The molecule has 0 N–H and O–H groups in total. The number of benzene rings is 1. The topological polar surface area (TPSA) is 17.1 Å². The van der Waals surface area contributed by atoms with Gasteiger partial charge in [-0.1, -0.05) is 59.9 Å². The van der Waals surface area contributed by atoms with E-state index in [9.17, 15) is 4.57 Å².